The van der Waals surface area contributed by atoms with Crippen molar-refractivity contribution >= 4 is 0 Å². The molecule has 1 N–H and O–H groups in total. The molecule has 0 bridgehead atoms. The first kappa shape index (κ1) is 12.2. The van der Waals surface area contributed by atoms with E-state index in [9.17, 15) is 4.39 Å². The van der Waals surface area contributed by atoms with E-state index in [1.165, 1.54) is 11.6 Å². The second-order valence-electron chi connectivity index (χ2n) is 4.71. The van der Waals surface area contributed by atoms with Crippen LogP contribution in [0.4, 0.5) is 4.39 Å². The summed E-state index contributed by atoms with van der Waals surface area (Å²) < 4.78 is 19.4. The summed E-state index contributed by atoms with van der Waals surface area (Å²) in [6.45, 7) is 0.739. The first-order chi connectivity index (χ1) is 9.29. The van der Waals surface area contributed by atoms with E-state index in [-0.39, 0.29) is 11.9 Å². The predicted octanol–water partition coefficient (Wildman–Crippen LogP) is 3.07. The average molecular weight is 257 g/mol. The molecule has 1 aliphatic rings. The molecule has 0 radical (unpaired) electrons. The van der Waals surface area contributed by atoms with Crippen molar-refractivity contribution in [2.45, 2.75) is 12.5 Å². The monoisotopic (exact) mass is 257 g/mol. The van der Waals surface area contributed by atoms with Gasteiger partial charge in [-0.3, -0.25) is 0 Å². The van der Waals surface area contributed by atoms with Crippen LogP contribution in [0.25, 0.3) is 0 Å². The van der Waals surface area contributed by atoms with E-state index in [0.717, 1.165) is 24.3 Å². The highest BCUT2D eigenvalue weighted by Crippen LogP contribution is 2.31. The molecule has 1 unspecified atom stereocenters. The Morgan fingerprint density at radius 1 is 1.21 bits per heavy atom. The van der Waals surface area contributed by atoms with E-state index in [4.69, 9.17) is 4.74 Å². The quantitative estimate of drug-likeness (QED) is 0.912. The Kier molecular flexibility index (Phi) is 3.22. The molecular weight excluding hydrogens is 241 g/mol. The molecule has 0 aliphatic carbocycles. The number of fused-ring (bicyclic) bond motifs is 1. The fraction of sp³-hybridized carbons (Fsp3) is 0.250. The van der Waals surface area contributed by atoms with Crippen molar-refractivity contribution in [2.75, 3.05) is 13.7 Å². The zero-order valence-corrected chi connectivity index (χ0v) is 10.8. The molecule has 2 nitrogen and oxygen atoms in total. The number of benzene rings is 2. The van der Waals surface area contributed by atoms with Gasteiger partial charge in [-0.1, -0.05) is 30.3 Å². The van der Waals surface area contributed by atoms with Gasteiger partial charge in [0.15, 0.2) is 0 Å². The smallest absolute Gasteiger partial charge is 0.128 e. The number of hydrogen-bond acceptors (Lipinski definition) is 2. The second-order valence-corrected chi connectivity index (χ2v) is 4.71. The lowest BCUT2D eigenvalue weighted by Gasteiger charge is -2.18. The topological polar surface area (TPSA) is 21.3 Å². The highest BCUT2D eigenvalue weighted by Gasteiger charge is 2.19. The normalized spacial score (nSPS) is 14.8. The third-order valence-corrected chi connectivity index (χ3v) is 3.55. The van der Waals surface area contributed by atoms with Gasteiger partial charge in [-0.25, -0.2) is 4.39 Å². The zero-order chi connectivity index (χ0) is 13.2. The third-order valence-electron chi connectivity index (χ3n) is 3.55. The molecule has 19 heavy (non-hydrogen) atoms. The molecule has 1 heterocycles. The van der Waals surface area contributed by atoms with Crippen LogP contribution < -0.4 is 10.1 Å². The summed E-state index contributed by atoms with van der Waals surface area (Å²) in [5.41, 5.74) is 2.94. The van der Waals surface area contributed by atoms with Gasteiger partial charge in [0, 0.05) is 12.0 Å². The van der Waals surface area contributed by atoms with Crippen molar-refractivity contribution in [1.82, 2.24) is 5.32 Å². The van der Waals surface area contributed by atoms with Crippen LogP contribution in [0.1, 0.15) is 22.7 Å². The van der Waals surface area contributed by atoms with E-state index in [2.05, 4.69) is 11.4 Å². The van der Waals surface area contributed by atoms with Gasteiger partial charge >= 0.3 is 0 Å². The van der Waals surface area contributed by atoms with Crippen LogP contribution in [0.3, 0.4) is 0 Å². The largest absolute Gasteiger partial charge is 0.493 e. The highest BCUT2D eigenvalue weighted by molar-refractivity contribution is 5.43. The number of nitrogens with one attached hydrogen (secondary N) is 1. The Labute approximate surface area is 112 Å². The summed E-state index contributed by atoms with van der Waals surface area (Å²) in [6, 6.07) is 12.8. The fourth-order valence-electron chi connectivity index (χ4n) is 2.60. The van der Waals surface area contributed by atoms with Crippen molar-refractivity contribution in [2.24, 2.45) is 0 Å². The van der Waals surface area contributed by atoms with Crippen molar-refractivity contribution in [3.63, 3.8) is 0 Å². The third kappa shape index (κ3) is 2.22. The van der Waals surface area contributed by atoms with Crippen molar-refractivity contribution in [3.8, 4) is 5.75 Å². The second kappa shape index (κ2) is 5.02. The van der Waals surface area contributed by atoms with Crippen LogP contribution in [-0.2, 0) is 6.42 Å². The first-order valence-corrected chi connectivity index (χ1v) is 6.47. The van der Waals surface area contributed by atoms with E-state index in [1.807, 2.05) is 31.3 Å². The minimum absolute atomic E-state index is 0.132. The Morgan fingerprint density at radius 3 is 2.84 bits per heavy atom. The molecular formula is C16H16FNO. The lowest BCUT2D eigenvalue weighted by atomic mass is 9.96. The van der Waals surface area contributed by atoms with Crippen LogP contribution in [0, 0.1) is 5.82 Å². The standard InChI is InChI=1S/C16H16FNO/c1-18-16(13-4-2-3-5-14(13)17)12-6-7-15-11(10-12)8-9-19-15/h2-7,10,16,18H,8-9H2,1H3. The van der Waals surface area contributed by atoms with Crippen LogP contribution in [-0.4, -0.2) is 13.7 Å². The number of halogens is 1. The first-order valence-electron chi connectivity index (χ1n) is 6.47. The number of rotatable bonds is 3. The average Bonchev–Trinajstić information content (AvgIpc) is 2.89. The molecule has 2 aromatic carbocycles. The van der Waals surface area contributed by atoms with Gasteiger partial charge in [-0.15, -0.1) is 0 Å². The lowest BCUT2D eigenvalue weighted by molar-refractivity contribution is 0.357. The van der Waals surface area contributed by atoms with Crippen molar-refractivity contribution in [3.05, 3.63) is 65.0 Å². The molecule has 1 atom stereocenters. The van der Waals surface area contributed by atoms with Gasteiger partial charge in [-0.2, -0.15) is 0 Å². The van der Waals surface area contributed by atoms with E-state index < -0.39 is 0 Å². The maximum Gasteiger partial charge on any atom is 0.128 e. The molecule has 0 saturated carbocycles. The molecule has 3 heteroatoms. The summed E-state index contributed by atoms with van der Waals surface area (Å²) in [4.78, 5) is 0. The lowest BCUT2D eigenvalue weighted by Crippen LogP contribution is -2.19. The van der Waals surface area contributed by atoms with Crippen LogP contribution in [0.5, 0.6) is 5.75 Å². The van der Waals surface area contributed by atoms with Crippen LogP contribution >= 0.6 is 0 Å². The maximum atomic E-state index is 13.9. The zero-order valence-electron chi connectivity index (χ0n) is 10.8. The van der Waals surface area contributed by atoms with Crippen LogP contribution in [0.2, 0.25) is 0 Å². The van der Waals surface area contributed by atoms with E-state index >= 15 is 0 Å². The summed E-state index contributed by atoms with van der Waals surface area (Å²) in [5.74, 6) is 0.769. The number of hydrogen-bond donors (Lipinski definition) is 1. The van der Waals surface area contributed by atoms with Crippen LogP contribution in [0.15, 0.2) is 42.5 Å². The molecule has 0 spiro atoms. The highest BCUT2D eigenvalue weighted by atomic mass is 19.1. The Bertz CT molecular complexity index is 597. The van der Waals surface area contributed by atoms with Gasteiger partial charge in [0.2, 0.25) is 0 Å². The summed E-state index contributed by atoms with van der Waals surface area (Å²) in [6.07, 6.45) is 0.927. The molecule has 0 amide bonds. The predicted molar refractivity (Wildman–Crippen MR) is 72.9 cm³/mol. The van der Waals surface area contributed by atoms with Gasteiger partial charge in [0.25, 0.3) is 0 Å². The fourth-order valence-corrected chi connectivity index (χ4v) is 2.60. The van der Waals surface area contributed by atoms with Gasteiger partial charge in [0.05, 0.1) is 12.6 Å². The van der Waals surface area contributed by atoms with Crippen molar-refractivity contribution < 1.29 is 9.13 Å². The molecule has 98 valence electrons. The van der Waals surface area contributed by atoms with Crippen molar-refractivity contribution in [1.29, 1.82) is 0 Å². The molecule has 0 fully saturated rings. The minimum Gasteiger partial charge on any atom is -0.493 e. The molecule has 1 aliphatic heterocycles. The van der Waals surface area contributed by atoms with Gasteiger partial charge in [-0.05, 0) is 30.3 Å². The summed E-state index contributed by atoms with van der Waals surface area (Å²) >= 11 is 0. The molecule has 0 aromatic heterocycles. The molecule has 2 aromatic rings. The Morgan fingerprint density at radius 2 is 2.05 bits per heavy atom. The SMILES string of the molecule is CNC(c1ccc2c(c1)CCO2)c1ccccc1F. The Hall–Kier alpha value is -1.87. The minimum atomic E-state index is -0.182. The summed E-state index contributed by atoms with van der Waals surface area (Å²) in [7, 11) is 1.85. The summed E-state index contributed by atoms with van der Waals surface area (Å²) in [5, 5.41) is 3.19. The molecule has 3 rings (SSSR count). The maximum absolute atomic E-state index is 13.9. The van der Waals surface area contributed by atoms with Gasteiger partial charge in [0.1, 0.15) is 11.6 Å². The van der Waals surface area contributed by atoms with E-state index in [1.54, 1.807) is 6.07 Å². The molecule has 0 saturated heterocycles. The van der Waals surface area contributed by atoms with E-state index in [0.29, 0.717) is 5.56 Å². The van der Waals surface area contributed by atoms with Gasteiger partial charge < -0.3 is 10.1 Å². The Balaban J connectivity index is 2.01. The number of ether oxygens (including phenoxy) is 1.